The molecular formula is C14H9BrClFN2S. The first-order valence-electron chi connectivity index (χ1n) is 5.84. The number of hydrogen-bond acceptors (Lipinski definition) is 3. The first-order valence-corrected chi connectivity index (χ1v) is 7.90. The van der Waals surface area contributed by atoms with E-state index in [0.29, 0.717) is 17.1 Å². The van der Waals surface area contributed by atoms with Crippen LogP contribution in [-0.4, -0.2) is 4.98 Å². The average molecular weight is 372 g/mol. The molecule has 0 saturated heterocycles. The Hall–Kier alpha value is -1.17. The van der Waals surface area contributed by atoms with Crippen LogP contribution >= 0.6 is 38.9 Å². The second-order valence-corrected chi connectivity index (χ2v) is 6.42. The van der Waals surface area contributed by atoms with Crippen LogP contribution in [-0.2, 0) is 6.54 Å². The maximum atomic E-state index is 13.7. The van der Waals surface area contributed by atoms with Crippen LogP contribution in [0.5, 0.6) is 0 Å². The minimum atomic E-state index is -0.248. The molecule has 20 heavy (non-hydrogen) atoms. The summed E-state index contributed by atoms with van der Waals surface area (Å²) in [5.41, 5.74) is 3.90. The van der Waals surface area contributed by atoms with E-state index in [9.17, 15) is 4.39 Å². The van der Waals surface area contributed by atoms with Crippen molar-refractivity contribution >= 4 is 54.8 Å². The highest BCUT2D eigenvalue weighted by atomic mass is 79.9. The number of halogens is 3. The van der Waals surface area contributed by atoms with Gasteiger partial charge < -0.3 is 5.32 Å². The molecule has 0 aliphatic heterocycles. The molecule has 1 heterocycles. The average Bonchev–Trinajstić information content (AvgIpc) is 2.90. The van der Waals surface area contributed by atoms with Crippen LogP contribution in [0.2, 0.25) is 5.02 Å². The Morgan fingerprint density at radius 1 is 1.30 bits per heavy atom. The molecule has 1 N–H and O–H groups in total. The summed E-state index contributed by atoms with van der Waals surface area (Å²) in [6.45, 7) is 0.349. The molecule has 0 radical (unpaired) electrons. The summed E-state index contributed by atoms with van der Waals surface area (Å²) in [7, 11) is 0. The van der Waals surface area contributed by atoms with Crippen molar-refractivity contribution in [3.8, 4) is 0 Å². The van der Waals surface area contributed by atoms with Crippen molar-refractivity contribution < 1.29 is 4.39 Å². The zero-order valence-corrected chi connectivity index (χ0v) is 13.3. The largest absolute Gasteiger partial charge is 0.378 e. The van der Waals surface area contributed by atoms with E-state index in [0.717, 1.165) is 20.4 Å². The number of aromatic nitrogens is 1. The zero-order valence-electron chi connectivity index (χ0n) is 10.2. The smallest absolute Gasteiger partial charge is 0.128 e. The predicted molar refractivity (Wildman–Crippen MR) is 86.1 cm³/mol. The monoisotopic (exact) mass is 370 g/mol. The van der Waals surface area contributed by atoms with Gasteiger partial charge >= 0.3 is 0 Å². The molecule has 3 rings (SSSR count). The Balaban J connectivity index is 1.92. The molecule has 3 aromatic rings. The van der Waals surface area contributed by atoms with E-state index in [-0.39, 0.29) is 5.82 Å². The molecule has 0 bridgehead atoms. The van der Waals surface area contributed by atoms with Gasteiger partial charge in [0.2, 0.25) is 0 Å². The van der Waals surface area contributed by atoms with E-state index in [4.69, 9.17) is 11.6 Å². The number of nitrogens with one attached hydrogen (secondary N) is 1. The number of thiazole rings is 1. The maximum absolute atomic E-state index is 13.7. The Morgan fingerprint density at radius 3 is 3.00 bits per heavy atom. The fourth-order valence-corrected chi connectivity index (χ4v) is 3.25. The second kappa shape index (κ2) is 5.68. The van der Waals surface area contributed by atoms with Gasteiger partial charge in [0.1, 0.15) is 11.3 Å². The zero-order chi connectivity index (χ0) is 14.1. The highest BCUT2D eigenvalue weighted by molar-refractivity contribution is 9.10. The van der Waals surface area contributed by atoms with Crippen LogP contribution in [0.1, 0.15) is 5.56 Å². The molecule has 0 spiro atoms. The summed E-state index contributed by atoms with van der Waals surface area (Å²) in [5, 5.41) is 3.76. The molecule has 0 aliphatic rings. The van der Waals surface area contributed by atoms with Gasteiger partial charge in [-0.2, -0.15) is 0 Å². The van der Waals surface area contributed by atoms with Gasteiger partial charge in [0, 0.05) is 16.6 Å². The van der Waals surface area contributed by atoms with Crippen LogP contribution in [0.3, 0.4) is 0 Å². The molecule has 0 aliphatic carbocycles. The van der Waals surface area contributed by atoms with Gasteiger partial charge in [0.25, 0.3) is 0 Å². The molecular weight excluding hydrogens is 363 g/mol. The fraction of sp³-hybridized carbons (Fsp3) is 0.0714. The van der Waals surface area contributed by atoms with Crippen molar-refractivity contribution in [1.29, 1.82) is 0 Å². The van der Waals surface area contributed by atoms with Crippen molar-refractivity contribution in [3.05, 3.63) is 56.7 Å². The first kappa shape index (κ1) is 13.8. The summed E-state index contributed by atoms with van der Waals surface area (Å²) < 4.78 is 15.6. The van der Waals surface area contributed by atoms with Gasteiger partial charge in [-0.3, -0.25) is 0 Å². The summed E-state index contributed by atoms with van der Waals surface area (Å²) in [4.78, 5) is 4.30. The van der Waals surface area contributed by atoms with Crippen LogP contribution in [0, 0.1) is 5.82 Å². The molecule has 102 valence electrons. The number of fused-ring (bicyclic) bond motifs is 1. The van der Waals surface area contributed by atoms with Gasteiger partial charge in [-0.05, 0) is 30.3 Å². The van der Waals surface area contributed by atoms with E-state index in [2.05, 4.69) is 26.2 Å². The third-order valence-corrected chi connectivity index (χ3v) is 4.52. The highest BCUT2D eigenvalue weighted by Gasteiger charge is 2.10. The molecule has 1 aromatic heterocycles. The number of hydrogen-bond donors (Lipinski definition) is 1. The highest BCUT2D eigenvalue weighted by Crippen LogP contribution is 2.32. The second-order valence-electron chi connectivity index (χ2n) is 4.21. The van der Waals surface area contributed by atoms with Gasteiger partial charge in [0.05, 0.1) is 20.9 Å². The fourth-order valence-electron chi connectivity index (χ4n) is 1.94. The van der Waals surface area contributed by atoms with Crippen LogP contribution in [0.25, 0.3) is 10.2 Å². The summed E-state index contributed by atoms with van der Waals surface area (Å²) in [6, 6.07) is 8.61. The molecule has 0 unspecified atom stereocenters. The van der Waals surface area contributed by atoms with Crippen molar-refractivity contribution in [2.24, 2.45) is 0 Å². The van der Waals surface area contributed by atoms with Gasteiger partial charge in [0.15, 0.2) is 0 Å². The van der Waals surface area contributed by atoms with E-state index in [1.807, 2.05) is 12.1 Å². The summed E-state index contributed by atoms with van der Waals surface area (Å²) in [6.07, 6.45) is 0. The van der Waals surface area contributed by atoms with Gasteiger partial charge in [-0.15, -0.1) is 11.3 Å². The molecule has 0 fully saturated rings. The van der Waals surface area contributed by atoms with E-state index >= 15 is 0 Å². The Bertz CT molecular complexity index is 775. The summed E-state index contributed by atoms with van der Waals surface area (Å²) >= 11 is 11.1. The standard InChI is InChI=1S/C14H9BrClFN2S/c15-9-1-3-11(17)8(5-9)6-18-13-10(16)2-4-12-14(13)19-7-20-12/h1-5,7,18H,6H2. The third kappa shape index (κ3) is 2.66. The van der Waals surface area contributed by atoms with Crippen LogP contribution < -0.4 is 5.32 Å². The molecule has 2 nitrogen and oxygen atoms in total. The number of rotatable bonds is 3. The Labute approximate surface area is 132 Å². The van der Waals surface area contributed by atoms with Crippen molar-refractivity contribution in [2.45, 2.75) is 6.54 Å². The van der Waals surface area contributed by atoms with E-state index in [1.165, 1.54) is 6.07 Å². The maximum Gasteiger partial charge on any atom is 0.128 e. The molecule has 0 amide bonds. The van der Waals surface area contributed by atoms with E-state index in [1.54, 1.807) is 29.0 Å². The molecule has 0 atom stereocenters. The molecule has 0 saturated carbocycles. The van der Waals surface area contributed by atoms with Crippen molar-refractivity contribution in [3.63, 3.8) is 0 Å². The van der Waals surface area contributed by atoms with Crippen molar-refractivity contribution in [1.82, 2.24) is 4.98 Å². The van der Waals surface area contributed by atoms with Crippen LogP contribution in [0.15, 0.2) is 40.3 Å². The lowest BCUT2D eigenvalue weighted by Gasteiger charge is -2.10. The molecule has 2 aromatic carbocycles. The lowest BCUT2D eigenvalue weighted by Crippen LogP contribution is -2.03. The Morgan fingerprint density at radius 2 is 2.15 bits per heavy atom. The number of nitrogens with zero attached hydrogens (tertiary/aromatic N) is 1. The third-order valence-electron chi connectivity index (χ3n) is 2.91. The quantitative estimate of drug-likeness (QED) is 0.661. The topological polar surface area (TPSA) is 24.9 Å². The van der Waals surface area contributed by atoms with Crippen molar-refractivity contribution in [2.75, 3.05) is 5.32 Å². The predicted octanol–water partition coefficient (Wildman–Crippen LogP) is 5.46. The van der Waals surface area contributed by atoms with Gasteiger partial charge in [-0.1, -0.05) is 27.5 Å². The van der Waals surface area contributed by atoms with Crippen LogP contribution in [0.4, 0.5) is 10.1 Å². The summed E-state index contributed by atoms with van der Waals surface area (Å²) in [5.74, 6) is -0.248. The lowest BCUT2D eigenvalue weighted by molar-refractivity contribution is 0.612. The minimum absolute atomic E-state index is 0.248. The first-order chi connectivity index (χ1) is 9.65. The van der Waals surface area contributed by atoms with E-state index < -0.39 is 0 Å². The number of anilines is 1. The Kier molecular flexibility index (Phi) is 3.92. The normalized spacial score (nSPS) is 10.9. The minimum Gasteiger partial charge on any atom is -0.378 e. The van der Waals surface area contributed by atoms with Gasteiger partial charge in [-0.25, -0.2) is 9.37 Å². The lowest BCUT2D eigenvalue weighted by atomic mass is 10.2. The molecule has 6 heteroatoms. The number of benzene rings is 2. The SMILES string of the molecule is Fc1ccc(Br)cc1CNc1c(Cl)ccc2scnc12.